The Balaban J connectivity index is 1.38. The fraction of sp³-hybridized carbons (Fsp3) is 0. The van der Waals surface area contributed by atoms with Gasteiger partial charge in [-0.05, 0) is 53.1 Å². The summed E-state index contributed by atoms with van der Waals surface area (Å²) in [7, 11) is 0. The lowest BCUT2D eigenvalue weighted by Crippen LogP contribution is -1.97. The average molecular weight is 528 g/mol. The number of rotatable bonds is 6. The zero-order valence-corrected chi connectivity index (χ0v) is 22.2. The fourth-order valence-electron chi connectivity index (χ4n) is 5.03. The highest BCUT2D eigenvalue weighted by Crippen LogP contribution is 2.34. The third kappa shape index (κ3) is 5.04. The number of benzene rings is 3. The van der Waals surface area contributed by atoms with Crippen molar-refractivity contribution in [2.75, 3.05) is 0 Å². The Hall–Kier alpha value is -5.68. The Labute approximate surface area is 238 Å². The van der Waals surface area contributed by atoms with Gasteiger partial charge in [0.2, 0.25) is 0 Å². The monoisotopic (exact) mass is 527 g/mol. The van der Waals surface area contributed by atoms with Crippen molar-refractivity contribution in [2.45, 2.75) is 0 Å². The number of imidazole rings is 1. The lowest BCUT2D eigenvalue weighted by molar-refractivity contribution is 1.05. The van der Waals surface area contributed by atoms with Gasteiger partial charge in [0, 0.05) is 65.0 Å². The Kier molecular flexibility index (Phi) is 6.44. The van der Waals surface area contributed by atoms with E-state index in [9.17, 15) is 0 Å². The van der Waals surface area contributed by atoms with E-state index in [0.29, 0.717) is 0 Å². The number of hydrogen-bond acceptors (Lipinski definition) is 4. The number of nitrogens with zero attached hydrogens (tertiary/aromatic N) is 5. The SMILES string of the molecule is c1ccc(-c2cn(-c3cncc(-c4cc(-c5cccnc5)cc(-c5cccnc5)c4)c3)c(-c3ccccc3)n2)cc1. The average Bonchev–Trinajstić information content (AvgIpc) is 3.52. The maximum Gasteiger partial charge on any atom is 0.145 e. The van der Waals surface area contributed by atoms with Crippen LogP contribution in [-0.2, 0) is 0 Å². The van der Waals surface area contributed by atoms with Crippen molar-refractivity contribution >= 4 is 0 Å². The van der Waals surface area contributed by atoms with Gasteiger partial charge in [0.1, 0.15) is 5.82 Å². The van der Waals surface area contributed by atoms with Crippen molar-refractivity contribution in [3.63, 3.8) is 0 Å². The van der Waals surface area contributed by atoms with Crippen molar-refractivity contribution in [1.82, 2.24) is 24.5 Å². The van der Waals surface area contributed by atoms with Crippen LogP contribution >= 0.6 is 0 Å². The Morgan fingerprint density at radius 3 is 1.54 bits per heavy atom. The van der Waals surface area contributed by atoms with E-state index in [2.05, 4.69) is 86.4 Å². The molecular formula is C36H25N5. The van der Waals surface area contributed by atoms with Crippen LogP contribution in [0.4, 0.5) is 0 Å². The molecule has 0 N–H and O–H groups in total. The van der Waals surface area contributed by atoms with Crippen LogP contribution in [0.25, 0.3) is 61.7 Å². The van der Waals surface area contributed by atoms with E-state index in [1.54, 1.807) is 12.4 Å². The van der Waals surface area contributed by atoms with E-state index in [1.807, 2.05) is 73.3 Å². The minimum atomic E-state index is 0.864. The molecule has 0 fully saturated rings. The zero-order chi connectivity index (χ0) is 27.4. The van der Waals surface area contributed by atoms with Gasteiger partial charge in [-0.2, -0.15) is 0 Å². The molecule has 0 aliphatic carbocycles. The van der Waals surface area contributed by atoms with Crippen LogP contribution in [-0.4, -0.2) is 24.5 Å². The molecule has 0 saturated carbocycles. The van der Waals surface area contributed by atoms with Crippen molar-refractivity contribution in [1.29, 1.82) is 0 Å². The first-order valence-corrected chi connectivity index (χ1v) is 13.4. The molecule has 41 heavy (non-hydrogen) atoms. The van der Waals surface area contributed by atoms with Crippen molar-refractivity contribution in [3.05, 3.63) is 153 Å². The summed E-state index contributed by atoms with van der Waals surface area (Å²) < 4.78 is 2.13. The van der Waals surface area contributed by atoms with Crippen molar-refractivity contribution < 1.29 is 0 Å². The van der Waals surface area contributed by atoms with Crippen LogP contribution in [0.2, 0.25) is 0 Å². The van der Waals surface area contributed by atoms with E-state index >= 15 is 0 Å². The van der Waals surface area contributed by atoms with Gasteiger partial charge >= 0.3 is 0 Å². The van der Waals surface area contributed by atoms with Gasteiger partial charge in [0.25, 0.3) is 0 Å². The van der Waals surface area contributed by atoms with E-state index in [-0.39, 0.29) is 0 Å². The van der Waals surface area contributed by atoms with Gasteiger partial charge < -0.3 is 0 Å². The van der Waals surface area contributed by atoms with Crippen LogP contribution in [0.1, 0.15) is 0 Å². The summed E-state index contributed by atoms with van der Waals surface area (Å²) in [4.78, 5) is 18.4. The van der Waals surface area contributed by atoms with E-state index in [0.717, 1.165) is 61.7 Å². The Morgan fingerprint density at radius 1 is 0.415 bits per heavy atom. The quantitative estimate of drug-likeness (QED) is 0.218. The molecule has 0 atom stereocenters. The molecule has 0 unspecified atom stereocenters. The van der Waals surface area contributed by atoms with Gasteiger partial charge in [0.05, 0.1) is 17.6 Å². The molecule has 194 valence electrons. The summed E-state index contributed by atoms with van der Waals surface area (Å²) in [5.41, 5.74) is 10.3. The molecule has 0 aliphatic heterocycles. The molecule has 0 saturated heterocycles. The Bertz CT molecular complexity index is 1860. The van der Waals surface area contributed by atoms with Gasteiger partial charge in [-0.3, -0.25) is 19.5 Å². The maximum atomic E-state index is 5.06. The van der Waals surface area contributed by atoms with Crippen LogP contribution in [0.5, 0.6) is 0 Å². The largest absolute Gasteiger partial charge is 0.298 e. The zero-order valence-electron chi connectivity index (χ0n) is 22.2. The second-order valence-electron chi connectivity index (χ2n) is 9.77. The van der Waals surface area contributed by atoms with Gasteiger partial charge in [-0.1, -0.05) is 72.8 Å². The fourth-order valence-corrected chi connectivity index (χ4v) is 5.03. The lowest BCUT2D eigenvalue weighted by Gasteiger charge is -2.13. The molecule has 0 radical (unpaired) electrons. The first-order chi connectivity index (χ1) is 20.3. The maximum absolute atomic E-state index is 5.06. The summed E-state index contributed by atoms with van der Waals surface area (Å²) in [6, 6.07) is 37.3. The van der Waals surface area contributed by atoms with Gasteiger partial charge in [-0.25, -0.2) is 4.98 Å². The smallest absolute Gasteiger partial charge is 0.145 e. The summed E-state index contributed by atoms with van der Waals surface area (Å²) in [6.07, 6.45) is 13.3. The predicted octanol–water partition coefficient (Wildman–Crippen LogP) is 8.39. The highest BCUT2D eigenvalue weighted by Gasteiger charge is 2.15. The Morgan fingerprint density at radius 2 is 0.951 bits per heavy atom. The molecular weight excluding hydrogens is 502 g/mol. The van der Waals surface area contributed by atoms with Crippen LogP contribution in [0.3, 0.4) is 0 Å². The third-order valence-electron chi connectivity index (χ3n) is 7.07. The predicted molar refractivity (Wildman–Crippen MR) is 164 cm³/mol. The topological polar surface area (TPSA) is 56.5 Å². The highest BCUT2D eigenvalue weighted by molar-refractivity contribution is 5.81. The molecule has 4 aromatic heterocycles. The van der Waals surface area contributed by atoms with E-state index in [4.69, 9.17) is 4.98 Å². The van der Waals surface area contributed by atoms with Crippen LogP contribution in [0, 0.1) is 0 Å². The standard InChI is InChI=1S/C36H25N5/c1-3-9-26(10-4-1)35-25-41(36(40-35)27-11-5-2-6-12-27)34-20-33(23-39-24-34)32-18-30(28-13-7-15-37-21-28)17-31(19-32)29-14-8-16-38-22-29/h1-25H. The lowest BCUT2D eigenvalue weighted by atomic mass is 9.95. The van der Waals surface area contributed by atoms with E-state index in [1.165, 1.54) is 0 Å². The molecule has 7 rings (SSSR count). The molecule has 4 heterocycles. The van der Waals surface area contributed by atoms with Gasteiger partial charge in [-0.15, -0.1) is 0 Å². The molecule has 5 heteroatoms. The van der Waals surface area contributed by atoms with Gasteiger partial charge in [0.15, 0.2) is 0 Å². The second-order valence-corrected chi connectivity index (χ2v) is 9.77. The third-order valence-corrected chi connectivity index (χ3v) is 7.07. The second kappa shape index (κ2) is 10.8. The summed E-state index contributed by atoms with van der Waals surface area (Å²) in [6.45, 7) is 0. The van der Waals surface area contributed by atoms with Crippen molar-refractivity contribution in [3.8, 4) is 61.7 Å². The van der Waals surface area contributed by atoms with Crippen LogP contribution in [0.15, 0.2) is 153 Å². The minimum Gasteiger partial charge on any atom is -0.298 e. The first-order valence-electron chi connectivity index (χ1n) is 13.4. The van der Waals surface area contributed by atoms with Crippen molar-refractivity contribution in [2.24, 2.45) is 0 Å². The molecule has 5 nitrogen and oxygen atoms in total. The highest BCUT2D eigenvalue weighted by atomic mass is 15.1. The minimum absolute atomic E-state index is 0.864. The molecule has 0 aliphatic rings. The molecule has 0 bridgehead atoms. The molecule has 0 spiro atoms. The number of pyridine rings is 3. The molecule has 7 aromatic rings. The molecule has 3 aromatic carbocycles. The summed E-state index contributed by atoms with van der Waals surface area (Å²) >= 11 is 0. The number of aromatic nitrogens is 5. The summed E-state index contributed by atoms with van der Waals surface area (Å²) in [5.74, 6) is 0.864. The summed E-state index contributed by atoms with van der Waals surface area (Å²) in [5, 5.41) is 0. The van der Waals surface area contributed by atoms with E-state index < -0.39 is 0 Å². The number of hydrogen-bond donors (Lipinski definition) is 0. The first kappa shape index (κ1) is 24.4. The molecule has 0 amide bonds. The van der Waals surface area contributed by atoms with Crippen LogP contribution < -0.4 is 0 Å². The normalized spacial score (nSPS) is 10.9.